The quantitative estimate of drug-likeness (QED) is 0.219. The van der Waals surface area contributed by atoms with Crippen LogP contribution in [-0.4, -0.2) is 109 Å². The number of rotatable bonds is 7. The van der Waals surface area contributed by atoms with Crippen LogP contribution in [0.5, 0.6) is 11.5 Å². The Kier molecular flexibility index (Phi) is 13.4. The number of amides is 1. The van der Waals surface area contributed by atoms with Gasteiger partial charge in [0.15, 0.2) is 11.4 Å². The van der Waals surface area contributed by atoms with Gasteiger partial charge in [0.05, 0.1) is 60.4 Å². The number of fused-ring (bicyclic) bond motifs is 2. The molecule has 0 radical (unpaired) electrons. The van der Waals surface area contributed by atoms with Gasteiger partial charge in [-0.15, -0.1) is 0 Å². The Morgan fingerprint density at radius 1 is 0.729 bits per heavy atom. The molecule has 16 heteroatoms. The predicted molar refractivity (Wildman–Crippen MR) is 226 cm³/mol. The molecule has 0 bridgehead atoms. The Bertz CT molecular complexity index is 2170. The van der Waals surface area contributed by atoms with Crippen LogP contribution in [0.3, 0.4) is 0 Å². The van der Waals surface area contributed by atoms with Gasteiger partial charge in [-0.25, -0.2) is 24.7 Å². The highest BCUT2D eigenvalue weighted by molar-refractivity contribution is 5.93. The number of alkyl carbamates (subject to hydrolysis) is 1. The van der Waals surface area contributed by atoms with E-state index < -0.39 is 5.60 Å². The highest BCUT2D eigenvalue weighted by Crippen LogP contribution is 2.37. The van der Waals surface area contributed by atoms with Crippen LogP contribution in [0.15, 0.2) is 36.9 Å². The van der Waals surface area contributed by atoms with E-state index in [4.69, 9.17) is 29.4 Å². The molecule has 16 nitrogen and oxygen atoms in total. The molecule has 4 aliphatic rings. The summed E-state index contributed by atoms with van der Waals surface area (Å²) < 4.78 is 29.1. The molecule has 2 aliphatic heterocycles. The normalized spacial score (nSPS) is 22.3. The molecule has 2 aromatic carbocycles. The summed E-state index contributed by atoms with van der Waals surface area (Å²) in [6.45, 7) is 11.6. The second-order valence-electron chi connectivity index (χ2n) is 16.4. The van der Waals surface area contributed by atoms with Gasteiger partial charge in [-0.05, 0) is 84.3 Å². The van der Waals surface area contributed by atoms with Gasteiger partial charge in [-0.3, -0.25) is 0 Å². The zero-order chi connectivity index (χ0) is 41.4. The van der Waals surface area contributed by atoms with Crippen molar-refractivity contribution in [3.8, 4) is 23.6 Å². The fourth-order valence-electron chi connectivity index (χ4n) is 8.01. The maximum absolute atomic E-state index is 12.1. The van der Waals surface area contributed by atoms with E-state index in [0.29, 0.717) is 65.6 Å². The number of hydrogen-bond donors (Lipinski definition) is 2. The molecule has 316 valence electrons. The van der Waals surface area contributed by atoms with E-state index >= 15 is 0 Å². The number of aromatic nitrogens is 4. The van der Waals surface area contributed by atoms with Crippen molar-refractivity contribution in [3.05, 3.63) is 48.3 Å². The number of nitrogens with two attached hydrogens (primary N) is 1. The topological polar surface area (TPSA) is 207 Å². The molecule has 1 amide bonds. The summed E-state index contributed by atoms with van der Waals surface area (Å²) in [5.41, 5.74) is 9.64. The third-order valence-electron chi connectivity index (χ3n) is 11.0. The van der Waals surface area contributed by atoms with Crippen LogP contribution in [0, 0.1) is 22.7 Å². The largest absolute Gasteiger partial charge is 0.490 e. The predicted octanol–water partition coefficient (Wildman–Crippen LogP) is 6.03. The molecule has 4 aromatic rings. The lowest BCUT2D eigenvalue weighted by Crippen LogP contribution is -2.42. The van der Waals surface area contributed by atoms with E-state index in [1.165, 1.54) is 12.7 Å². The lowest BCUT2D eigenvalue weighted by Gasteiger charge is -2.32. The fraction of sp³-hybridized carbons (Fsp3) is 0.558. The first-order valence-corrected chi connectivity index (χ1v) is 20.7. The lowest BCUT2D eigenvalue weighted by molar-refractivity contribution is 0.0471. The van der Waals surface area contributed by atoms with Gasteiger partial charge >= 0.3 is 6.09 Å². The number of anilines is 2. The molecule has 0 atom stereocenters. The third kappa shape index (κ3) is 10.7. The molecule has 2 saturated carbocycles. The average molecular weight is 811 g/mol. The van der Waals surface area contributed by atoms with Crippen molar-refractivity contribution in [2.75, 3.05) is 62.4 Å². The number of carbonyl (C=O) groups is 1. The zero-order valence-electron chi connectivity index (χ0n) is 34.2. The molecule has 4 fully saturated rings. The van der Waals surface area contributed by atoms with Gasteiger partial charge in [0.2, 0.25) is 0 Å². The summed E-state index contributed by atoms with van der Waals surface area (Å²) in [6, 6.07) is 12.7. The van der Waals surface area contributed by atoms with Crippen LogP contribution in [0.25, 0.3) is 21.8 Å². The summed E-state index contributed by atoms with van der Waals surface area (Å²) in [4.78, 5) is 33.7. The van der Waals surface area contributed by atoms with Crippen LogP contribution in [0.2, 0.25) is 0 Å². The SMILES string of the molecule is CC(C)(C)OC(=O)NC1CCC(Oc2cc(N3CCOCC3)cc3ncnc(C#N)c23)CC1.N#Cc1ncnc2cc(N3CCOCC3)cc(OC3CCC(N)CC3)c12.[HH].[HH]. The Hall–Kier alpha value is -5.55. The van der Waals surface area contributed by atoms with E-state index in [-0.39, 0.29) is 33.2 Å². The summed E-state index contributed by atoms with van der Waals surface area (Å²) in [5, 5.41) is 23.4. The van der Waals surface area contributed by atoms with Crippen LogP contribution in [0.1, 0.15) is 86.4 Å². The molecular formula is C43H58N10O6. The Morgan fingerprint density at radius 2 is 1.17 bits per heavy atom. The number of nitrogens with one attached hydrogen (secondary N) is 1. The highest BCUT2D eigenvalue weighted by Gasteiger charge is 2.28. The molecule has 2 saturated heterocycles. The minimum absolute atomic E-state index is 0. The van der Waals surface area contributed by atoms with Crippen molar-refractivity contribution in [1.82, 2.24) is 25.3 Å². The van der Waals surface area contributed by atoms with E-state index in [1.54, 1.807) is 0 Å². The second-order valence-corrected chi connectivity index (χ2v) is 16.4. The van der Waals surface area contributed by atoms with Gasteiger partial charge in [0, 0.05) is 64.6 Å². The standard InChI is InChI=1S/C24H31N5O4.C19H23N5O2.2H2/c1-24(2,3)33-23(30)28-16-4-6-18(7-5-16)32-21-13-17(29-8-10-31-11-9-29)12-19-22(21)20(14-25)27-15-26-19;20-11-17-19-16(22-12-23-17)9-14(24-5-7-25-8-6-24)10-18(19)26-15-3-1-13(21)2-4-15;;/h12-13,15-16,18H,4-11H2,1-3H3,(H,28,30);9-10,12-13,15H,1-8,21H2;2*1H. The third-order valence-corrected chi connectivity index (χ3v) is 11.0. The zero-order valence-corrected chi connectivity index (χ0v) is 34.2. The highest BCUT2D eigenvalue weighted by atomic mass is 16.6. The molecule has 8 rings (SSSR count). The van der Waals surface area contributed by atoms with Crippen LogP contribution in [-0.2, 0) is 14.2 Å². The molecule has 4 heterocycles. The minimum Gasteiger partial charge on any atom is -0.490 e. The van der Waals surface area contributed by atoms with Crippen molar-refractivity contribution in [3.63, 3.8) is 0 Å². The summed E-state index contributed by atoms with van der Waals surface area (Å²) in [6.07, 6.45) is 9.54. The Morgan fingerprint density at radius 3 is 1.59 bits per heavy atom. The molecule has 0 spiro atoms. The number of benzene rings is 2. The number of morpholine rings is 2. The maximum Gasteiger partial charge on any atom is 0.407 e. The minimum atomic E-state index is -0.516. The molecule has 3 N–H and O–H groups in total. The van der Waals surface area contributed by atoms with Gasteiger partial charge in [0.1, 0.15) is 41.9 Å². The summed E-state index contributed by atoms with van der Waals surface area (Å²) in [7, 11) is 0. The average Bonchev–Trinajstić information content (AvgIpc) is 3.24. The van der Waals surface area contributed by atoms with Crippen LogP contribution >= 0.6 is 0 Å². The van der Waals surface area contributed by atoms with Gasteiger partial charge < -0.3 is 44.5 Å². The molecule has 2 aliphatic carbocycles. The summed E-state index contributed by atoms with van der Waals surface area (Å²) >= 11 is 0. The lowest BCUT2D eigenvalue weighted by atomic mass is 9.93. The Balaban J connectivity index is 0.000000229. The molecule has 0 unspecified atom stereocenters. The number of nitrogens with zero attached hydrogens (tertiary/aromatic N) is 8. The first-order valence-electron chi connectivity index (χ1n) is 20.7. The number of carbonyl (C=O) groups excluding carboxylic acids is 1. The number of hydrogen-bond acceptors (Lipinski definition) is 15. The van der Waals surface area contributed by atoms with Gasteiger partial charge in [-0.2, -0.15) is 10.5 Å². The second kappa shape index (κ2) is 19.0. The van der Waals surface area contributed by atoms with E-state index in [2.05, 4.69) is 47.2 Å². The first kappa shape index (κ1) is 41.6. The summed E-state index contributed by atoms with van der Waals surface area (Å²) in [5.74, 6) is 1.33. The van der Waals surface area contributed by atoms with Gasteiger partial charge in [-0.1, -0.05) is 0 Å². The first-order chi connectivity index (χ1) is 28.6. The molecule has 59 heavy (non-hydrogen) atoms. The van der Waals surface area contributed by atoms with Crippen molar-refractivity contribution in [2.45, 2.75) is 102 Å². The number of ether oxygens (including phenoxy) is 5. The Labute approximate surface area is 347 Å². The van der Waals surface area contributed by atoms with Crippen molar-refractivity contribution in [2.24, 2.45) is 5.73 Å². The van der Waals surface area contributed by atoms with Crippen LogP contribution in [0.4, 0.5) is 16.2 Å². The van der Waals surface area contributed by atoms with Crippen molar-refractivity contribution in [1.29, 1.82) is 10.5 Å². The smallest absolute Gasteiger partial charge is 0.407 e. The van der Waals surface area contributed by atoms with Gasteiger partial charge in [0.25, 0.3) is 0 Å². The van der Waals surface area contributed by atoms with E-state index in [1.807, 2.05) is 45.0 Å². The monoisotopic (exact) mass is 810 g/mol. The van der Waals surface area contributed by atoms with Crippen molar-refractivity contribution < 1.29 is 31.3 Å². The molecule has 2 aromatic heterocycles. The van der Waals surface area contributed by atoms with Crippen molar-refractivity contribution >= 4 is 39.3 Å². The number of nitriles is 2. The maximum atomic E-state index is 12.1. The fourth-order valence-corrected chi connectivity index (χ4v) is 8.01. The van der Waals surface area contributed by atoms with E-state index in [0.717, 1.165) is 94.4 Å². The molecular weight excluding hydrogens is 753 g/mol. The van der Waals surface area contributed by atoms with Crippen LogP contribution < -0.4 is 30.3 Å². The van der Waals surface area contributed by atoms with E-state index in [9.17, 15) is 15.3 Å².